The predicted molar refractivity (Wildman–Crippen MR) is 77.5 cm³/mol. The Kier molecular flexibility index (Phi) is 3.86. The van der Waals surface area contributed by atoms with Gasteiger partial charge in [-0.2, -0.15) is 17.0 Å². The van der Waals surface area contributed by atoms with Crippen LogP contribution in [-0.4, -0.2) is 57.4 Å². The molecule has 0 aromatic carbocycles. The van der Waals surface area contributed by atoms with Crippen molar-refractivity contribution in [3.05, 3.63) is 0 Å². The third kappa shape index (κ3) is 2.63. The second kappa shape index (κ2) is 5.23. The Hall–Kier alpha value is -0.170. The van der Waals surface area contributed by atoms with E-state index >= 15 is 0 Å². The fourth-order valence-electron chi connectivity index (χ4n) is 3.72. The largest absolute Gasteiger partial charge is 0.381 e. The van der Waals surface area contributed by atoms with E-state index < -0.39 is 10.2 Å². The third-order valence-electron chi connectivity index (χ3n) is 5.24. The molecular formula is C14H26N2O3S. The molecule has 3 fully saturated rings. The summed E-state index contributed by atoms with van der Waals surface area (Å²) in [5.41, 5.74) is 0.0813. The average Bonchev–Trinajstić information content (AvgIpc) is 2.98. The van der Waals surface area contributed by atoms with Gasteiger partial charge in [-0.15, -0.1) is 0 Å². The molecule has 1 aliphatic heterocycles. The maximum absolute atomic E-state index is 12.3. The molecule has 2 aliphatic carbocycles. The van der Waals surface area contributed by atoms with Crippen LogP contribution in [0.15, 0.2) is 0 Å². The molecule has 6 heteroatoms. The molecule has 5 nitrogen and oxygen atoms in total. The molecule has 0 unspecified atom stereocenters. The van der Waals surface area contributed by atoms with Gasteiger partial charge in [0, 0.05) is 39.2 Å². The van der Waals surface area contributed by atoms with Gasteiger partial charge in [0.25, 0.3) is 10.2 Å². The molecule has 20 heavy (non-hydrogen) atoms. The molecule has 0 N–H and O–H groups in total. The smallest absolute Gasteiger partial charge is 0.281 e. The molecule has 116 valence electrons. The Morgan fingerprint density at radius 1 is 1.30 bits per heavy atom. The van der Waals surface area contributed by atoms with E-state index in [1.807, 2.05) is 0 Å². The Morgan fingerprint density at radius 2 is 2.05 bits per heavy atom. The average molecular weight is 302 g/mol. The zero-order valence-electron chi connectivity index (χ0n) is 12.5. The summed E-state index contributed by atoms with van der Waals surface area (Å²) in [5.74, 6) is 1.26. The molecule has 2 saturated carbocycles. The fourth-order valence-corrected chi connectivity index (χ4v) is 4.97. The molecule has 3 rings (SSSR count). The second-order valence-electron chi connectivity index (χ2n) is 6.99. The van der Waals surface area contributed by atoms with Crippen molar-refractivity contribution in [2.24, 2.45) is 17.3 Å². The summed E-state index contributed by atoms with van der Waals surface area (Å²) in [7, 11) is -0.0531. The van der Waals surface area contributed by atoms with Crippen molar-refractivity contribution in [2.45, 2.75) is 32.1 Å². The Labute approximate surface area is 122 Å². The molecule has 0 spiro atoms. The SMILES string of the molecule is CN(C)S(=O)(=O)N1C[C@H]2CCC[C@@]2(COCC2CC2)C1. The first-order chi connectivity index (χ1) is 9.44. The van der Waals surface area contributed by atoms with Gasteiger partial charge < -0.3 is 4.74 Å². The molecule has 1 saturated heterocycles. The highest BCUT2D eigenvalue weighted by atomic mass is 32.2. The van der Waals surface area contributed by atoms with Gasteiger partial charge in [0.1, 0.15) is 0 Å². The van der Waals surface area contributed by atoms with E-state index in [1.54, 1.807) is 18.4 Å². The van der Waals surface area contributed by atoms with Gasteiger partial charge in [0.2, 0.25) is 0 Å². The Morgan fingerprint density at radius 3 is 2.70 bits per heavy atom. The number of nitrogens with zero attached hydrogens (tertiary/aromatic N) is 2. The van der Waals surface area contributed by atoms with Crippen LogP contribution < -0.4 is 0 Å². The Balaban J connectivity index is 1.66. The Bertz CT molecular complexity index is 461. The number of ether oxygens (including phenoxy) is 1. The minimum Gasteiger partial charge on any atom is -0.381 e. The summed E-state index contributed by atoms with van der Waals surface area (Å²) in [5, 5.41) is 0. The molecule has 0 aromatic heterocycles. The summed E-state index contributed by atoms with van der Waals surface area (Å²) < 4.78 is 33.5. The normalized spacial score (nSPS) is 34.9. The van der Waals surface area contributed by atoms with E-state index in [-0.39, 0.29) is 5.41 Å². The summed E-state index contributed by atoms with van der Waals surface area (Å²) >= 11 is 0. The van der Waals surface area contributed by atoms with Crippen LogP contribution in [0.3, 0.4) is 0 Å². The van der Waals surface area contributed by atoms with Crippen LogP contribution in [0, 0.1) is 17.3 Å². The topological polar surface area (TPSA) is 49.9 Å². The molecule has 2 atom stereocenters. The number of hydrogen-bond acceptors (Lipinski definition) is 3. The summed E-state index contributed by atoms with van der Waals surface area (Å²) in [6.07, 6.45) is 6.08. The van der Waals surface area contributed by atoms with Crippen LogP contribution in [0.25, 0.3) is 0 Å². The fraction of sp³-hybridized carbons (Fsp3) is 1.00. The standard InChI is InChI=1S/C14H26N2O3S/c1-15(2)20(17,18)16-8-13-4-3-7-14(13,10-16)11-19-9-12-5-6-12/h12-13H,3-11H2,1-2H3/t13-,14+/m1/s1. The van der Waals surface area contributed by atoms with Crippen LogP contribution in [0.1, 0.15) is 32.1 Å². The van der Waals surface area contributed by atoms with Crippen LogP contribution in [0.2, 0.25) is 0 Å². The molecular weight excluding hydrogens is 276 g/mol. The second-order valence-corrected chi connectivity index (χ2v) is 9.14. The zero-order chi connectivity index (χ0) is 14.4. The van der Waals surface area contributed by atoms with Gasteiger partial charge in [-0.1, -0.05) is 6.42 Å². The minimum atomic E-state index is -3.27. The third-order valence-corrected chi connectivity index (χ3v) is 7.09. The monoisotopic (exact) mass is 302 g/mol. The van der Waals surface area contributed by atoms with Crippen LogP contribution in [0.4, 0.5) is 0 Å². The highest BCUT2D eigenvalue weighted by Crippen LogP contribution is 2.49. The van der Waals surface area contributed by atoms with Gasteiger partial charge in [-0.25, -0.2) is 0 Å². The number of hydrogen-bond donors (Lipinski definition) is 0. The lowest BCUT2D eigenvalue weighted by Gasteiger charge is -2.29. The van der Waals surface area contributed by atoms with Gasteiger partial charge in [0.15, 0.2) is 0 Å². The highest BCUT2D eigenvalue weighted by molar-refractivity contribution is 7.86. The lowest BCUT2D eigenvalue weighted by Crippen LogP contribution is -2.40. The van der Waals surface area contributed by atoms with Crippen molar-refractivity contribution in [1.29, 1.82) is 0 Å². The summed E-state index contributed by atoms with van der Waals surface area (Å²) in [4.78, 5) is 0. The molecule has 1 heterocycles. The first kappa shape index (κ1) is 14.8. The van der Waals surface area contributed by atoms with Gasteiger partial charge in [-0.3, -0.25) is 0 Å². The van der Waals surface area contributed by atoms with E-state index in [1.165, 1.54) is 23.6 Å². The molecule has 0 amide bonds. The molecule has 3 aliphatic rings. The van der Waals surface area contributed by atoms with Crippen molar-refractivity contribution in [3.8, 4) is 0 Å². The van der Waals surface area contributed by atoms with E-state index in [0.717, 1.165) is 32.0 Å². The summed E-state index contributed by atoms with van der Waals surface area (Å²) in [6, 6.07) is 0. The maximum Gasteiger partial charge on any atom is 0.281 e. The van der Waals surface area contributed by atoms with E-state index in [9.17, 15) is 8.42 Å². The van der Waals surface area contributed by atoms with E-state index in [2.05, 4.69) is 0 Å². The van der Waals surface area contributed by atoms with Crippen LogP contribution in [0.5, 0.6) is 0 Å². The minimum absolute atomic E-state index is 0.0813. The quantitative estimate of drug-likeness (QED) is 0.743. The maximum atomic E-state index is 12.3. The molecule has 0 aromatic rings. The molecule has 0 bridgehead atoms. The lowest BCUT2D eigenvalue weighted by molar-refractivity contribution is 0.0334. The highest BCUT2D eigenvalue weighted by Gasteiger charge is 2.52. The molecule has 0 radical (unpaired) electrons. The first-order valence-electron chi connectivity index (χ1n) is 7.69. The van der Waals surface area contributed by atoms with Crippen molar-refractivity contribution >= 4 is 10.2 Å². The van der Waals surface area contributed by atoms with Crippen LogP contribution >= 0.6 is 0 Å². The first-order valence-corrected chi connectivity index (χ1v) is 9.09. The zero-order valence-corrected chi connectivity index (χ0v) is 13.4. The van der Waals surface area contributed by atoms with Crippen molar-refractivity contribution in [1.82, 2.24) is 8.61 Å². The van der Waals surface area contributed by atoms with Gasteiger partial charge >= 0.3 is 0 Å². The van der Waals surface area contributed by atoms with Crippen molar-refractivity contribution in [2.75, 3.05) is 40.4 Å². The lowest BCUT2D eigenvalue weighted by atomic mass is 9.82. The van der Waals surface area contributed by atoms with Gasteiger partial charge in [-0.05, 0) is 37.5 Å². The van der Waals surface area contributed by atoms with Gasteiger partial charge in [0.05, 0.1) is 6.61 Å². The van der Waals surface area contributed by atoms with Crippen molar-refractivity contribution in [3.63, 3.8) is 0 Å². The number of fused-ring (bicyclic) bond motifs is 1. The van der Waals surface area contributed by atoms with E-state index in [4.69, 9.17) is 4.74 Å². The number of rotatable bonds is 6. The van der Waals surface area contributed by atoms with E-state index in [0.29, 0.717) is 19.0 Å². The summed E-state index contributed by atoms with van der Waals surface area (Å²) in [6.45, 7) is 2.93. The van der Waals surface area contributed by atoms with Crippen molar-refractivity contribution < 1.29 is 13.2 Å². The van der Waals surface area contributed by atoms with Crippen LogP contribution in [-0.2, 0) is 14.9 Å². The predicted octanol–water partition coefficient (Wildman–Crippen LogP) is 1.32.